The number of hydrogen-bond acceptors (Lipinski definition) is 5. The topological polar surface area (TPSA) is 101 Å². The molecule has 1 atom stereocenters. The van der Waals surface area contributed by atoms with E-state index in [1.54, 1.807) is 23.5 Å². The molecule has 1 saturated heterocycles. The van der Waals surface area contributed by atoms with E-state index >= 15 is 0 Å². The van der Waals surface area contributed by atoms with Gasteiger partial charge in [-0.2, -0.15) is 0 Å². The van der Waals surface area contributed by atoms with Gasteiger partial charge in [-0.15, -0.1) is 0 Å². The zero-order valence-electron chi connectivity index (χ0n) is 18.1. The first-order chi connectivity index (χ1) is 15.0. The number of piperidine rings is 1. The molecule has 2 N–H and O–H groups in total. The molecule has 9 heteroatoms. The highest BCUT2D eigenvalue weighted by molar-refractivity contribution is 5.81. The zero-order valence-corrected chi connectivity index (χ0v) is 18.1. The van der Waals surface area contributed by atoms with E-state index in [9.17, 15) is 9.59 Å². The molecule has 0 aromatic carbocycles. The van der Waals surface area contributed by atoms with Crippen LogP contribution in [-0.2, 0) is 28.1 Å². The van der Waals surface area contributed by atoms with E-state index in [-0.39, 0.29) is 18.0 Å². The van der Waals surface area contributed by atoms with Crippen LogP contribution in [0, 0.1) is 0 Å². The first kappa shape index (κ1) is 21.3. The highest BCUT2D eigenvalue weighted by Gasteiger charge is 2.47. The molecule has 1 unspecified atom stereocenters. The van der Waals surface area contributed by atoms with Crippen LogP contribution in [-0.4, -0.2) is 63.2 Å². The lowest BCUT2D eigenvalue weighted by atomic mass is 9.88. The van der Waals surface area contributed by atoms with Gasteiger partial charge in [-0.3, -0.25) is 9.78 Å². The monoisotopic (exact) mass is 426 g/mol. The average molecular weight is 427 g/mol. The minimum absolute atomic E-state index is 0.0614. The Labute approximate surface area is 182 Å². The molecule has 31 heavy (non-hydrogen) atoms. The van der Waals surface area contributed by atoms with Crippen molar-refractivity contribution < 1.29 is 14.3 Å². The second kappa shape index (κ2) is 9.05. The Hall–Kier alpha value is -2.94. The van der Waals surface area contributed by atoms with Gasteiger partial charge in [0.2, 0.25) is 0 Å². The molecule has 9 nitrogen and oxygen atoms in total. The third-order valence-corrected chi connectivity index (χ3v) is 5.85. The fraction of sp³-hybridized carbons (Fsp3) is 0.545. The van der Waals surface area contributed by atoms with Crippen molar-refractivity contribution in [2.75, 3.05) is 19.6 Å². The Morgan fingerprint density at radius 2 is 2.10 bits per heavy atom. The molecule has 0 saturated carbocycles. The van der Waals surface area contributed by atoms with E-state index in [1.165, 1.54) is 0 Å². The Kier molecular flexibility index (Phi) is 6.22. The molecule has 3 amide bonds. The summed E-state index contributed by atoms with van der Waals surface area (Å²) in [5, 5.41) is 5.93. The van der Waals surface area contributed by atoms with Crippen LogP contribution in [0.1, 0.15) is 38.1 Å². The number of fused-ring (bicyclic) bond motifs is 2. The number of aromatic nitrogens is 3. The van der Waals surface area contributed by atoms with E-state index in [0.29, 0.717) is 45.4 Å². The predicted octanol–water partition coefficient (Wildman–Crippen LogP) is 1.44. The second-order valence-corrected chi connectivity index (χ2v) is 8.50. The number of urea groups is 1. The summed E-state index contributed by atoms with van der Waals surface area (Å²) in [6.45, 7) is 5.97. The summed E-state index contributed by atoms with van der Waals surface area (Å²) >= 11 is 0. The second-order valence-electron chi connectivity index (χ2n) is 8.50. The van der Waals surface area contributed by atoms with Gasteiger partial charge < -0.3 is 24.8 Å². The Morgan fingerprint density at radius 3 is 2.81 bits per heavy atom. The maximum absolute atomic E-state index is 12.9. The maximum atomic E-state index is 12.9. The van der Waals surface area contributed by atoms with Crippen LogP contribution in [0.25, 0.3) is 0 Å². The van der Waals surface area contributed by atoms with Crippen LogP contribution < -0.4 is 10.6 Å². The lowest BCUT2D eigenvalue weighted by Gasteiger charge is -2.45. The number of carbonyl (C=O) groups excluding carboxylic acids is 2. The van der Waals surface area contributed by atoms with Crippen molar-refractivity contribution in [2.45, 2.75) is 57.4 Å². The lowest BCUT2D eigenvalue weighted by Crippen LogP contribution is -2.56. The quantitative estimate of drug-likeness (QED) is 0.754. The van der Waals surface area contributed by atoms with Crippen LogP contribution in [0.3, 0.4) is 0 Å². The van der Waals surface area contributed by atoms with Crippen LogP contribution in [0.4, 0.5) is 4.79 Å². The molecular formula is C22H30N6O3. The number of pyridine rings is 1. The number of amides is 3. The highest BCUT2D eigenvalue weighted by Crippen LogP contribution is 2.40. The summed E-state index contributed by atoms with van der Waals surface area (Å²) in [5.74, 6) is 0.721. The molecule has 1 fully saturated rings. The van der Waals surface area contributed by atoms with Crippen molar-refractivity contribution >= 4 is 11.9 Å². The number of rotatable bonds is 5. The minimum atomic E-state index is -0.651. The number of nitrogens with one attached hydrogen (secondary N) is 2. The van der Waals surface area contributed by atoms with E-state index < -0.39 is 11.7 Å². The highest BCUT2D eigenvalue weighted by atomic mass is 16.5. The number of likely N-dealkylation sites (tertiary alicyclic amines) is 1. The molecule has 2 aromatic heterocycles. The number of imidazole rings is 1. The summed E-state index contributed by atoms with van der Waals surface area (Å²) in [6, 6.07) is 3.91. The molecule has 2 aromatic rings. The minimum Gasteiger partial charge on any atom is -0.353 e. The average Bonchev–Trinajstić information content (AvgIpc) is 3.24. The molecular weight excluding hydrogens is 396 g/mol. The summed E-state index contributed by atoms with van der Waals surface area (Å²) < 4.78 is 8.42. The summed E-state index contributed by atoms with van der Waals surface area (Å²) in [5.41, 5.74) is 0.426. The molecule has 0 radical (unpaired) electrons. The molecule has 0 aliphatic carbocycles. The summed E-state index contributed by atoms with van der Waals surface area (Å²) in [6.07, 6.45) is 8.52. The molecule has 1 spiro atoms. The standard InChI is InChI=1S/C22H30N6O3/c1-16(2)26-21(30)27-11-6-22(7-12-27)20-25-10-13-28(20)15-18(31-22)19(29)24-9-5-17-4-3-8-23-14-17/h3-4,8,10,13-14,16,18H,5-7,9,11-12,15H2,1-2H3,(H,24,29)(H,26,30). The SMILES string of the molecule is CC(C)NC(=O)N1CCC2(CC1)OC(C(=O)NCCc1cccnc1)Cn1ccnc12. The van der Waals surface area contributed by atoms with Gasteiger partial charge in [0.05, 0.1) is 6.54 Å². The molecule has 4 heterocycles. The van der Waals surface area contributed by atoms with Crippen LogP contribution >= 0.6 is 0 Å². The maximum Gasteiger partial charge on any atom is 0.317 e. The predicted molar refractivity (Wildman–Crippen MR) is 114 cm³/mol. The molecule has 166 valence electrons. The van der Waals surface area contributed by atoms with Crippen molar-refractivity contribution in [1.29, 1.82) is 0 Å². The van der Waals surface area contributed by atoms with Crippen LogP contribution in [0.2, 0.25) is 0 Å². The number of ether oxygens (including phenoxy) is 1. The number of carbonyl (C=O) groups is 2. The molecule has 2 aliphatic rings. The Morgan fingerprint density at radius 1 is 1.29 bits per heavy atom. The van der Waals surface area contributed by atoms with Gasteiger partial charge >= 0.3 is 6.03 Å². The fourth-order valence-corrected chi connectivity index (χ4v) is 4.27. The van der Waals surface area contributed by atoms with Crippen molar-refractivity contribution in [2.24, 2.45) is 0 Å². The van der Waals surface area contributed by atoms with Crippen LogP contribution in [0.15, 0.2) is 36.9 Å². The van der Waals surface area contributed by atoms with Gasteiger partial charge in [0.25, 0.3) is 5.91 Å². The lowest BCUT2D eigenvalue weighted by molar-refractivity contribution is -0.171. The van der Waals surface area contributed by atoms with Gasteiger partial charge in [0, 0.05) is 63.3 Å². The number of nitrogens with zero attached hydrogens (tertiary/aromatic N) is 4. The largest absolute Gasteiger partial charge is 0.353 e. The summed E-state index contributed by atoms with van der Waals surface area (Å²) in [7, 11) is 0. The fourth-order valence-electron chi connectivity index (χ4n) is 4.27. The van der Waals surface area contributed by atoms with Gasteiger partial charge in [-0.1, -0.05) is 6.07 Å². The van der Waals surface area contributed by atoms with Crippen molar-refractivity contribution in [1.82, 2.24) is 30.1 Å². The van der Waals surface area contributed by atoms with Crippen molar-refractivity contribution in [3.05, 3.63) is 48.3 Å². The zero-order chi connectivity index (χ0) is 21.8. The Balaban J connectivity index is 1.39. The van der Waals surface area contributed by atoms with Crippen molar-refractivity contribution in [3.8, 4) is 0 Å². The van der Waals surface area contributed by atoms with Gasteiger partial charge in [0.15, 0.2) is 6.10 Å². The number of hydrogen-bond donors (Lipinski definition) is 2. The first-order valence-corrected chi connectivity index (χ1v) is 10.9. The van der Waals surface area contributed by atoms with Gasteiger partial charge in [0.1, 0.15) is 11.4 Å². The molecule has 0 bridgehead atoms. The van der Waals surface area contributed by atoms with E-state index in [2.05, 4.69) is 20.6 Å². The Bertz CT molecular complexity index is 905. The van der Waals surface area contributed by atoms with Crippen LogP contribution in [0.5, 0.6) is 0 Å². The first-order valence-electron chi connectivity index (χ1n) is 10.9. The molecule has 2 aliphatic heterocycles. The van der Waals surface area contributed by atoms with Gasteiger partial charge in [-0.25, -0.2) is 9.78 Å². The molecule has 4 rings (SSSR count). The van der Waals surface area contributed by atoms with Crippen molar-refractivity contribution in [3.63, 3.8) is 0 Å². The summed E-state index contributed by atoms with van der Waals surface area (Å²) in [4.78, 5) is 35.7. The van der Waals surface area contributed by atoms with E-state index in [1.807, 2.05) is 36.7 Å². The third-order valence-electron chi connectivity index (χ3n) is 5.85. The third kappa shape index (κ3) is 4.71. The normalized spacial score (nSPS) is 19.8. The van der Waals surface area contributed by atoms with E-state index in [0.717, 1.165) is 11.4 Å². The van der Waals surface area contributed by atoms with Gasteiger partial charge in [-0.05, 0) is 31.9 Å². The smallest absolute Gasteiger partial charge is 0.317 e. The van der Waals surface area contributed by atoms with E-state index in [4.69, 9.17) is 4.74 Å².